The second-order valence-corrected chi connectivity index (χ2v) is 3.28. The van der Waals surface area contributed by atoms with Crippen molar-refractivity contribution in [2.45, 2.75) is 52.2 Å². The highest BCUT2D eigenvalue weighted by Crippen LogP contribution is 2.17. The smallest absolute Gasteiger partial charge is 0.0667 e. The zero-order chi connectivity index (χ0) is 9.56. The van der Waals surface area contributed by atoms with Crippen LogP contribution in [-0.4, -0.2) is 35.7 Å². The lowest BCUT2D eigenvalue weighted by Crippen LogP contribution is -2.43. The highest BCUT2D eigenvalue weighted by atomic mass is 16.3. The Bertz CT molecular complexity index is 104. The number of aliphatic hydroxyl groups excluding tert-OH is 1. The molecule has 0 amide bonds. The first-order valence-corrected chi connectivity index (χ1v) is 5.10. The summed E-state index contributed by atoms with van der Waals surface area (Å²) >= 11 is 0. The summed E-state index contributed by atoms with van der Waals surface area (Å²) in [5.41, 5.74) is 0. The Labute approximate surface area is 76.6 Å². The number of hydrogen-bond donors (Lipinski definition) is 1. The summed E-state index contributed by atoms with van der Waals surface area (Å²) in [6, 6.07) is 0.411. The molecule has 0 unspecified atom stereocenters. The number of piperidine rings is 1. The van der Waals surface area contributed by atoms with E-state index in [1.54, 1.807) is 0 Å². The van der Waals surface area contributed by atoms with Gasteiger partial charge in [-0.2, -0.15) is 0 Å². The monoisotopic (exact) mass is 173 g/mol. The Balaban J connectivity index is 0.000000561. The van der Waals surface area contributed by atoms with Gasteiger partial charge in [-0.1, -0.05) is 20.3 Å². The van der Waals surface area contributed by atoms with Crippen molar-refractivity contribution >= 4 is 0 Å². The molecule has 0 aliphatic carbocycles. The molecular formula is C10H23NO. The first kappa shape index (κ1) is 11.9. The van der Waals surface area contributed by atoms with Crippen molar-refractivity contribution in [1.82, 2.24) is 4.90 Å². The van der Waals surface area contributed by atoms with Gasteiger partial charge in [-0.15, -0.1) is 0 Å². The molecule has 0 saturated carbocycles. The Morgan fingerprint density at radius 2 is 1.92 bits per heavy atom. The van der Waals surface area contributed by atoms with Crippen LogP contribution in [0, 0.1) is 0 Å². The maximum Gasteiger partial charge on any atom is 0.0667 e. The van der Waals surface area contributed by atoms with Crippen LogP contribution in [0.4, 0.5) is 0 Å². The summed E-state index contributed by atoms with van der Waals surface area (Å²) in [4.78, 5) is 2.26. The highest BCUT2D eigenvalue weighted by Gasteiger charge is 2.22. The van der Waals surface area contributed by atoms with E-state index < -0.39 is 0 Å². The second kappa shape index (κ2) is 6.44. The van der Waals surface area contributed by atoms with E-state index in [9.17, 15) is 5.11 Å². The standard InChI is InChI=1S/C8H17NO.C2H6/c1-7(10)8-5-3-4-6-9(8)2;1-2/h7-8,10H,3-6H2,1-2H3;1-2H3/t7-,8-;/m0./s1. The predicted octanol–water partition coefficient (Wildman–Crippen LogP) is 1.88. The van der Waals surface area contributed by atoms with Crippen LogP contribution < -0.4 is 0 Å². The Hall–Kier alpha value is -0.0800. The molecule has 1 saturated heterocycles. The van der Waals surface area contributed by atoms with Crippen LogP contribution in [0.3, 0.4) is 0 Å². The van der Waals surface area contributed by atoms with Crippen LogP contribution in [0.25, 0.3) is 0 Å². The summed E-state index contributed by atoms with van der Waals surface area (Å²) in [5, 5.41) is 9.31. The van der Waals surface area contributed by atoms with E-state index in [0.29, 0.717) is 6.04 Å². The molecule has 0 aromatic rings. The summed E-state index contributed by atoms with van der Waals surface area (Å²) < 4.78 is 0. The van der Waals surface area contributed by atoms with E-state index >= 15 is 0 Å². The molecule has 1 N–H and O–H groups in total. The van der Waals surface area contributed by atoms with Gasteiger partial charge in [0.25, 0.3) is 0 Å². The van der Waals surface area contributed by atoms with Gasteiger partial charge in [-0.3, -0.25) is 0 Å². The summed E-state index contributed by atoms with van der Waals surface area (Å²) in [6.45, 7) is 7.03. The van der Waals surface area contributed by atoms with Crippen LogP contribution >= 0.6 is 0 Å². The van der Waals surface area contributed by atoms with E-state index in [1.807, 2.05) is 20.8 Å². The fourth-order valence-electron chi connectivity index (χ4n) is 1.71. The lowest BCUT2D eigenvalue weighted by molar-refractivity contribution is 0.0529. The van der Waals surface area contributed by atoms with Crippen molar-refractivity contribution in [3.63, 3.8) is 0 Å². The van der Waals surface area contributed by atoms with Crippen molar-refractivity contribution < 1.29 is 5.11 Å². The highest BCUT2D eigenvalue weighted by molar-refractivity contribution is 4.77. The quantitative estimate of drug-likeness (QED) is 0.654. The Kier molecular flexibility index (Phi) is 6.39. The molecule has 1 heterocycles. The van der Waals surface area contributed by atoms with Crippen LogP contribution in [0.2, 0.25) is 0 Å². The molecule has 2 atom stereocenters. The van der Waals surface area contributed by atoms with E-state index in [2.05, 4.69) is 11.9 Å². The normalized spacial score (nSPS) is 27.2. The van der Waals surface area contributed by atoms with Crippen molar-refractivity contribution in [2.24, 2.45) is 0 Å². The van der Waals surface area contributed by atoms with Gasteiger partial charge in [0, 0.05) is 6.04 Å². The molecule has 2 heteroatoms. The van der Waals surface area contributed by atoms with E-state index in [-0.39, 0.29) is 6.10 Å². The number of likely N-dealkylation sites (N-methyl/N-ethyl adjacent to an activating group) is 1. The molecule has 0 aromatic heterocycles. The molecule has 0 radical (unpaired) electrons. The van der Waals surface area contributed by atoms with Gasteiger partial charge in [0.15, 0.2) is 0 Å². The molecule has 74 valence electrons. The summed E-state index contributed by atoms with van der Waals surface area (Å²) in [7, 11) is 2.09. The lowest BCUT2D eigenvalue weighted by atomic mass is 9.99. The fraction of sp³-hybridized carbons (Fsp3) is 1.00. The van der Waals surface area contributed by atoms with E-state index in [1.165, 1.54) is 12.8 Å². The van der Waals surface area contributed by atoms with Crippen LogP contribution in [-0.2, 0) is 0 Å². The zero-order valence-corrected chi connectivity index (χ0v) is 8.88. The van der Waals surface area contributed by atoms with Gasteiger partial charge in [0.05, 0.1) is 6.10 Å². The zero-order valence-electron chi connectivity index (χ0n) is 8.88. The summed E-state index contributed by atoms with van der Waals surface area (Å²) in [5.74, 6) is 0. The van der Waals surface area contributed by atoms with Gasteiger partial charge < -0.3 is 10.0 Å². The molecule has 1 aliphatic rings. The maximum absolute atomic E-state index is 9.31. The first-order valence-electron chi connectivity index (χ1n) is 5.10. The van der Waals surface area contributed by atoms with E-state index in [0.717, 1.165) is 13.0 Å². The molecule has 1 fully saturated rings. The minimum absolute atomic E-state index is 0.162. The third-order valence-electron chi connectivity index (χ3n) is 2.38. The minimum atomic E-state index is -0.162. The molecule has 2 nitrogen and oxygen atoms in total. The number of likely N-dealkylation sites (tertiary alicyclic amines) is 1. The number of nitrogens with zero attached hydrogens (tertiary/aromatic N) is 1. The molecule has 12 heavy (non-hydrogen) atoms. The first-order chi connectivity index (χ1) is 5.72. The molecule has 0 spiro atoms. The third kappa shape index (κ3) is 3.55. The molecule has 0 aromatic carbocycles. The number of aliphatic hydroxyl groups is 1. The Morgan fingerprint density at radius 1 is 1.33 bits per heavy atom. The van der Waals surface area contributed by atoms with Crippen LogP contribution in [0.15, 0.2) is 0 Å². The minimum Gasteiger partial charge on any atom is -0.392 e. The van der Waals surface area contributed by atoms with Crippen LogP contribution in [0.5, 0.6) is 0 Å². The molecule has 0 bridgehead atoms. The number of hydrogen-bond acceptors (Lipinski definition) is 2. The predicted molar refractivity (Wildman–Crippen MR) is 53.3 cm³/mol. The van der Waals surface area contributed by atoms with Crippen molar-refractivity contribution in [1.29, 1.82) is 0 Å². The van der Waals surface area contributed by atoms with Gasteiger partial charge >= 0.3 is 0 Å². The fourth-order valence-corrected chi connectivity index (χ4v) is 1.71. The van der Waals surface area contributed by atoms with Gasteiger partial charge in [-0.05, 0) is 33.4 Å². The SMILES string of the molecule is CC.C[C@H](O)[C@@H]1CCCCN1C. The average Bonchev–Trinajstić information content (AvgIpc) is 2.08. The summed E-state index contributed by atoms with van der Waals surface area (Å²) in [6.07, 6.45) is 3.57. The average molecular weight is 173 g/mol. The largest absolute Gasteiger partial charge is 0.392 e. The van der Waals surface area contributed by atoms with E-state index in [4.69, 9.17) is 0 Å². The van der Waals surface area contributed by atoms with Gasteiger partial charge in [0.2, 0.25) is 0 Å². The van der Waals surface area contributed by atoms with Gasteiger partial charge in [-0.25, -0.2) is 0 Å². The Morgan fingerprint density at radius 3 is 2.25 bits per heavy atom. The second-order valence-electron chi connectivity index (χ2n) is 3.28. The van der Waals surface area contributed by atoms with Crippen molar-refractivity contribution in [3.05, 3.63) is 0 Å². The third-order valence-corrected chi connectivity index (χ3v) is 2.38. The van der Waals surface area contributed by atoms with Crippen molar-refractivity contribution in [3.8, 4) is 0 Å². The lowest BCUT2D eigenvalue weighted by Gasteiger charge is -2.34. The molecule has 1 rings (SSSR count). The maximum atomic E-state index is 9.31. The van der Waals surface area contributed by atoms with Crippen molar-refractivity contribution in [2.75, 3.05) is 13.6 Å². The van der Waals surface area contributed by atoms with Crippen LogP contribution in [0.1, 0.15) is 40.0 Å². The topological polar surface area (TPSA) is 23.5 Å². The van der Waals surface area contributed by atoms with Gasteiger partial charge in [0.1, 0.15) is 0 Å². The molecular weight excluding hydrogens is 150 g/mol. The molecule has 1 aliphatic heterocycles. The number of rotatable bonds is 1.